The largest absolute Gasteiger partial charge is 0.315 e. The standard InChI is InChI=1S/C12H26N2/c1-4-8-13-10-11(3)14-9-6-7-12(14)5-2/h11-13H,4-10H2,1-3H3. The molecule has 0 aromatic rings. The highest BCUT2D eigenvalue weighted by molar-refractivity contribution is 4.82. The van der Waals surface area contributed by atoms with Crippen LogP contribution in [-0.4, -0.2) is 36.6 Å². The highest BCUT2D eigenvalue weighted by Gasteiger charge is 2.26. The van der Waals surface area contributed by atoms with Crippen LogP contribution in [0.25, 0.3) is 0 Å². The molecular weight excluding hydrogens is 172 g/mol. The van der Waals surface area contributed by atoms with Crippen molar-refractivity contribution in [2.24, 2.45) is 0 Å². The molecule has 1 N–H and O–H groups in total. The number of hydrogen-bond acceptors (Lipinski definition) is 2. The second-order valence-corrected chi connectivity index (χ2v) is 4.50. The second-order valence-electron chi connectivity index (χ2n) is 4.50. The van der Waals surface area contributed by atoms with Crippen molar-refractivity contribution in [3.8, 4) is 0 Å². The van der Waals surface area contributed by atoms with Crippen molar-refractivity contribution in [2.75, 3.05) is 19.6 Å². The van der Waals surface area contributed by atoms with E-state index >= 15 is 0 Å². The van der Waals surface area contributed by atoms with Gasteiger partial charge in [0.05, 0.1) is 0 Å². The van der Waals surface area contributed by atoms with E-state index in [1.807, 2.05) is 0 Å². The van der Waals surface area contributed by atoms with Crippen molar-refractivity contribution in [1.82, 2.24) is 10.2 Å². The van der Waals surface area contributed by atoms with E-state index in [-0.39, 0.29) is 0 Å². The molecule has 1 aliphatic rings. The van der Waals surface area contributed by atoms with E-state index in [0.717, 1.165) is 19.1 Å². The number of rotatable bonds is 6. The fraction of sp³-hybridized carbons (Fsp3) is 1.00. The summed E-state index contributed by atoms with van der Waals surface area (Å²) in [4.78, 5) is 2.68. The van der Waals surface area contributed by atoms with Crippen LogP contribution in [0.2, 0.25) is 0 Å². The summed E-state index contributed by atoms with van der Waals surface area (Å²) in [5.41, 5.74) is 0. The van der Waals surface area contributed by atoms with Gasteiger partial charge in [-0.3, -0.25) is 4.90 Å². The van der Waals surface area contributed by atoms with Crippen molar-refractivity contribution in [2.45, 2.75) is 58.5 Å². The van der Waals surface area contributed by atoms with Crippen LogP contribution in [-0.2, 0) is 0 Å². The van der Waals surface area contributed by atoms with Crippen molar-refractivity contribution < 1.29 is 0 Å². The lowest BCUT2D eigenvalue weighted by Gasteiger charge is -2.30. The van der Waals surface area contributed by atoms with E-state index in [4.69, 9.17) is 0 Å². The molecule has 0 saturated carbocycles. The molecule has 1 saturated heterocycles. The fourth-order valence-electron chi connectivity index (χ4n) is 2.48. The molecule has 1 aliphatic heterocycles. The van der Waals surface area contributed by atoms with Crippen LogP contribution in [0.3, 0.4) is 0 Å². The molecule has 0 aliphatic carbocycles. The minimum atomic E-state index is 0.717. The van der Waals surface area contributed by atoms with Gasteiger partial charge in [-0.2, -0.15) is 0 Å². The van der Waals surface area contributed by atoms with Crippen molar-refractivity contribution in [1.29, 1.82) is 0 Å². The summed E-state index contributed by atoms with van der Waals surface area (Å²) >= 11 is 0. The van der Waals surface area contributed by atoms with Gasteiger partial charge in [-0.05, 0) is 45.7 Å². The zero-order valence-corrected chi connectivity index (χ0v) is 10.1. The van der Waals surface area contributed by atoms with E-state index in [0.29, 0.717) is 6.04 Å². The van der Waals surface area contributed by atoms with E-state index in [9.17, 15) is 0 Å². The maximum atomic E-state index is 3.51. The zero-order valence-electron chi connectivity index (χ0n) is 10.1. The fourth-order valence-corrected chi connectivity index (χ4v) is 2.48. The third-order valence-electron chi connectivity index (χ3n) is 3.33. The Hall–Kier alpha value is -0.0800. The van der Waals surface area contributed by atoms with Crippen molar-refractivity contribution in [3.05, 3.63) is 0 Å². The van der Waals surface area contributed by atoms with Gasteiger partial charge in [-0.1, -0.05) is 13.8 Å². The molecule has 0 radical (unpaired) electrons. The summed E-state index contributed by atoms with van der Waals surface area (Å²) < 4.78 is 0. The first-order chi connectivity index (χ1) is 6.79. The molecule has 1 rings (SSSR count). The van der Waals surface area contributed by atoms with Gasteiger partial charge in [0.1, 0.15) is 0 Å². The highest BCUT2D eigenvalue weighted by Crippen LogP contribution is 2.21. The summed E-state index contributed by atoms with van der Waals surface area (Å²) in [6.07, 6.45) is 5.37. The van der Waals surface area contributed by atoms with Crippen LogP contribution in [0.5, 0.6) is 0 Å². The van der Waals surface area contributed by atoms with E-state index < -0.39 is 0 Å². The van der Waals surface area contributed by atoms with Gasteiger partial charge in [-0.25, -0.2) is 0 Å². The molecule has 2 nitrogen and oxygen atoms in total. The summed E-state index contributed by atoms with van der Waals surface area (Å²) in [5.74, 6) is 0. The van der Waals surface area contributed by atoms with Gasteiger partial charge in [0.15, 0.2) is 0 Å². The molecule has 0 aromatic heterocycles. The van der Waals surface area contributed by atoms with Gasteiger partial charge >= 0.3 is 0 Å². The van der Waals surface area contributed by atoms with Crippen LogP contribution in [0, 0.1) is 0 Å². The van der Waals surface area contributed by atoms with Crippen molar-refractivity contribution in [3.63, 3.8) is 0 Å². The Morgan fingerprint density at radius 1 is 1.43 bits per heavy atom. The predicted molar refractivity (Wildman–Crippen MR) is 62.6 cm³/mol. The number of hydrogen-bond donors (Lipinski definition) is 1. The minimum absolute atomic E-state index is 0.717. The second kappa shape index (κ2) is 6.41. The van der Waals surface area contributed by atoms with Crippen LogP contribution in [0.4, 0.5) is 0 Å². The molecule has 0 spiro atoms. The topological polar surface area (TPSA) is 15.3 Å². The smallest absolute Gasteiger partial charge is 0.0195 e. The van der Waals surface area contributed by atoms with Gasteiger partial charge < -0.3 is 5.32 Å². The van der Waals surface area contributed by atoms with E-state index in [1.165, 1.54) is 32.2 Å². The SMILES string of the molecule is CCCNCC(C)N1CCCC1CC. The Morgan fingerprint density at radius 2 is 2.21 bits per heavy atom. The summed E-state index contributed by atoms with van der Waals surface area (Å²) in [5, 5.41) is 3.51. The molecule has 1 fully saturated rings. The Kier molecular flexibility index (Phi) is 5.49. The van der Waals surface area contributed by atoms with Crippen LogP contribution in [0.1, 0.15) is 46.5 Å². The molecule has 2 unspecified atom stereocenters. The maximum Gasteiger partial charge on any atom is 0.0195 e. The van der Waals surface area contributed by atoms with Crippen LogP contribution < -0.4 is 5.32 Å². The molecular formula is C12H26N2. The quantitative estimate of drug-likeness (QED) is 0.659. The van der Waals surface area contributed by atoms with E-state index in [1.54, 1.807) is 0 Å². The highest BCUT2D eigenvalue weighted by atomic mass is 15.2. The zero-order chi connectivity index (χ0) is 10.4. The third kappa shape index (κ3) is 3.25. The van der Waals surface area contributed by atoms with Gasteiger partial charge in [0.25, 0.3) is 0 Å². The summed E-state index contributed by atoms with van der Waals surface area (Å²) in [6.45, 7) is 10.5. The van der Waals surface area contributed by atoms with E-state index in [2.05, 4.69) is 31.0 Å². The Morgan fingerprint density at radius 3 is 2.86 bits per heavy atom. The number of nitrogens with zero attached hydrogens (tertiary/aromatic N) is 1. The van der Waals surface area contributed by atoms with Crippen LogP contribution in [0.15, 0.2) is 0 Å². The number of nitrogens with one attached hydrogen (secondary N) is 1. The van der Waals surface area contributed by atoms with Gasteiger partial charge in [0.2, 0.25) is 0 Å². The first-order valence-corrected chi connectivity index (χ1v) is 6.26. The van der Waals surface area contributed by atoms with Gasteiger partial charge in [-0.15, -0.1) is 0 Å². The monoisotopic (exact) mass is 198 g/mol. The normalized spacial score (nSPS) is 25.5. The lowest BCUT2D eigenvalue weighted by Crippen LogP contribution is -2.43. The average molecular weight is 198 g/mol. The molecule has 2 heteroatoms. The third-order valence-corrected chi connectivity index (χ3v) is 3.33. The molecule has 84 valence electrons. The summed E-state index contributed by atoms with van der Waals surface area (Å²) in [6, 6.07) is 1.57. The molecule has 0 amide bonds. The lowest BCUT2D eigenvalue weighted by atomic mass is 10.1. The molecule has 2 atom stereocenters. The van der Waals surface area contributed by atoms with Crippen LogP contribution >= 0.6 is 0 Å². The number of likely N-dealkylation sites (tertiary alicyclic amines) is 1. The molecule has 1 heterocycles. The maximum absolute atomic E-state index is 3.51. The molecule has 0 bridgehead atoms. The Bertz CT molecular complexity index is 147. The van der Waals surface area contributed by atoms with Gasteiger partial charge in [0, 0.05) is 18.6 Å². The lowest BCUT2D eigenvalue weighted by molar-refractivity contribution is 0.184. The predicted octanol–water partition coefficient (Wildman–Crippen LogP) is 2.25. The Balaban J connectivity index is 2.24. The molecule has 0 aromatic carbocycles. The Labute approximate surface area is 89.1 Å². The summed E-state index contributed by atoms with van der Waals surface area (Å²) in [7, 11) is 0. The molecule has 14 heavy (non-hydrogen) atoms. The first kappa shape index (κ1) is 12.0. The average Bonchev–Trinajstić information content (AvgIpc) is 2.65. The first-order valence-electron chi connectivity index (χ1n) is 6.26. The minimum Gasteiger partial charge on any atom is -0.315 e. The van der Waals surface area contributed by atoms with Crippen molar-refractivity contribution >= 4 is 0 Å².